The van der Waals surface area contributed by atoms with Crippen LogP contribution in [0.1, 0.15) is 21.5 Å². The van der Waals surface area contributed by atoms with Crippen LogP contribution in [0.5, 0.6) is 5.75 Å². The number of amides is 1. The van der Waals surface area contributed by atoms with Gasteiger partial charge in [-0.1, -0.05) is 24.3 Å². The molecule has 1 aliphatic heterocycles. The van der Waals surface area contributed by atoms with E-state index in [4.69, 9.17) is 15.2 Å². The number of anilines is 1. The van der Waals surface area contributed by atoms with Crippen molar-refractivity contribution in [3.05, 3.63) is 59.2 Å². The van der Waals surface area contributed by atoms with Gasteiger partial charge in [0.05, 0.1) is 13.2 Å². The summed E-state index contributed by atoms with van der Waals surface area (Å²) in [6.07, 6.45) is 0. The molecular formula is C21H27N3O3. The van der Waals surface area contributed by atoms with Gasteiger partial charge in [-0.3, -0.25) is 9.69 Å². The second kappa shape index (κ2) is 9.39. The molecule has 0 unspecified atom stereocenters. The SMILES string of the molecule is Cc1ccc(N)cc1C(=O)NCc1ccccc1OCCN1CCOCC1. The molecule has 2 aromatic carbocycles. The van der Waals surface area contributed by atoms with E-state index in [0.29, 0.717) is 24.4 Å². The summed E-state index contributed by atoms with van der Waals surface area (Å²) in [4.78, 5) is 14.8. The van der Waals surface area contributed by atoms with Crippen molar-refractivity contribution in [3.63, 3.8) is 0 Å². The number of nitrogens with one attached hydrogen (secondary N) is 1. The molecule has 0 aromatic heterocycles. The number of benzene rings is 2. The Bertz CT molecular complexity index is 773. The Hall–Kier alpha value is -2.57. The summed E-state index contributed by atoms with van der Waals surface area (Å²) in [5, 5.41) is 2.96. The fourth-order valence-electron chi connectivity index (χ4n) is 3.06. The number of nitrogen functional groups attached to an aromatic ring is 1. The van der Waals surface area contributed by atoms with E-state index in [-0.39, 0.29) is 5.91 Å². The molecule has 0 atom stereocenters. The minimum atomic E-state index is -0.136. The number of nitrogens with zero attached hydrogens (tertiary/aromatic N) is 1. The highest BCUT2D eigenvalue weighted by Crippen LogP contribution is 2.19. The Balaban J connectivity index is 1.55. The summed E-state index contributed by atoms with van der Waals surface area (Å²) in [5.74, 6) is 0.665. The van der Waals surface area contributed by atoms with Crippen LogP contribution < -0.4 is 15.8 Å². The van der Waals surface area contributed by atoms with E-state index in [1.807, 2.05) is 37.3 Å². The van der Waals surface area contributed by atoms with Crippen molar-refractivity contribution in [2.75, 3.05) is 45.2 Å². The molecule has 144 valence electrons. The molecule has 6 heteroatoms. The van der Waals surface area contributed by atoms with Gasteiger partial charge in [0, 0.05) is 43.0 Å². The average Bonchev–Trinajstić information content (AvgIpc) is 2.69. The number of aryl methyl sites for hydroxylation is 1. The van der Waals surface area contributed by atoms with Gasteiger partial charge >= 0.3 is 0 Å². The minimum absolute atomic E-state index is 0.136. The standard InChI is InChI=1S/C21H27N3O3/c1-16-6-7-18(22)14-19(16)21(25)23-15-17-4-2-3-5-20(17)27-13-10-24-8-11-26-12-9-24/h2-7,14H,8-13,15,22H2,1H3,(H,23,25). The van der Waals surface area contributed by atoms with Crippen molar-refractivity contribution in [2.24, 2.45) is 0 Å². The van der Waals surface area contributed by atoms with E-state index >= 15 is 0 Å². The molecule has 2 aromatic rings. The van der Waals surface area contributed by atoms with Gasteiger partial charge in [-0.25, -0.2) is 0 Å². The molecule has 3 rings (SSSR count). The van der Waals surface area contributed by atoms with Crippen LogP contribution >= 0.6 is 0 Å². The van der Waals surface area contributed by atoms with Crippen LogP contribution in [0.3, 0.4) is 0 Å². The van der Waals surface area contributed by atoms with Gasteiger partial charge in [-0.05, 0) is 30.7 Å². The predicted molar refractivity (Wildman–Crippen MR) is 106 cm³/mol. The summed E-state index contributed by atoms with van der Waals surface area (Å²) >= 11 is 0. The number of ether oxygens (including phenoxy) is 2. The molecule has 0 aliphatic carbocycles. The quantitative estimate of drug-likeness (QED) is 0.732. The molecule has 1 fully saturated rings. The highest BCUT2D eigenvalue weighted by atomic mass is 16.5. The summed E-state index contributed by atoms with van der Waals surface area (Å²) in [7, 11) is 0. The maximum absolute atomic E-state index is 12.5. The van der Waals surface area contributed by atoms with E-state index < -0.39 is 0 Å². The molecule has 0 bridgehead atoms. The minimum Gasteiger partial charge on any atom is -0.492 e. The summed E-state index contributed by atoms with van der Waals surface area (Å²) in [5.41, 5.74) is 8.83. The third-order valence-electron chi connectivity index (χ3n) is 4.69. The molecule has 6 nitrogen and oxygen atoms in total. The lowest BCUT2D eigenvalue weighted by molar-refractivity contribution is 0.0322. The lowest BCUT2D eigenvalue weighted by atomic mass is 10.1. The molecule has 0 saturated carbocycles. The van der Waals surface area contributed by atoms with Crippen LogP contribution in [-0.4, -0.2) is 50.3 Å². The van der Waals surface area contributed by atoms with Gasteiger partial charge in [0.15, 0.2) is 0 Å². The van der Waals surface area contributed by atoms with Crippen LogP contribution in [0.4, 0.5) is 5.69 Å². The van der Waals surface area contributed by atoms with Gasteiger partial charge in [0.1, 0.15) is 12.4 Å². The first-order valence-corrected chi connectivity index (χ1v) is 9.28. The highest BCUT2D eigenvalue weighted by Gasteiger charge is 2.12. The Kier molecular flexibility index (Phi) is 6.68. The number of morpholine rings is 1. The number of hydrogen-bond donors (Lipinski definition) is 2. The summed E-state index contributed by atoms with van der Waals surface area (Å²) in [6, 6.07) is 13.1. The number of rotatable bonds is 7. The molecule has 0 radical (unpaired) electrons. The van der Waals surface area contributed by atoms with Gasteiger partial charge in [-0.2, -0.15) is 0 Å². The molecule has 1 saturated heterocycles. The first-order valence-electron chi connectivity index (χ1n) is 9.28. The maximum Gasteiger partial charge on any atom is 0.251 e. The summed E-state index contributed by atoms with van der Waals surface area (Å²) in [6.45, 7) is 7.24. The van der Waals surface area contributed by atoms with Gasteiger partial charge in [0.25, 0.3) is 5.91 Å². The van der Waals surface area contributed by atoms with Crippen LogP contribution in [0.25, 0.3) is 0 Å². The van der Waals surface area contributed by atoms with Crippen molar-refractivity contribution in [1.82, 2.24) is 10.2 Å². The molecule has 1 heterocycles. The Morgan fingerprint density at radius 1 is 1.22 bits per heavy atom. The lowest BCUT2D eigenvalue weighted by Crippen LogP contribution is -2.38. The zero-order valence-electron chi connectivity index (χ0n) is 15.7. The van der Waals surface area contributed by atoms with E-state index in [0.717, 1.165) is 49.7 Å². The van der Waals surface area contributed by atoms with Crippen LogP contribution in [0.2, 0.25) is 0 Å². The zero-order chi connectivity index (χ0) is 19.1. The maximum atomic E-state index is 12.5. The second-order valence-corrected chi connectivity index (χ2v) is 6.67. The van der Waals surface area contributed by atoms with E-state index in [1.54, 1.807) is 12.1 Å². The molecule has 0 spiro atoms. The van der Waals surface area contributed by atoms with Crippen molar-refractivity contribution in [3.8, 4) is 5.75 Å². The van der Waals surface area contributed by atoms with Crippen molar-refractivity contribution in [2.45, 2.75) is 13.5 Å². The fourth-order valence-corrected chi connectivity index (χ4v) is 3.06. The highest BCUT2D eigenvalue weighted by molar-refractivity contribution is 5.96. The fraction of sp³-hybridized carbons (Fsp3) is 0.381. The Morgan fingerprint density at radius 3 is 2.81 bits per heavy atom. The predicted octanol–water partition coefficient (Wildman–Crippen LogP) is 2.22. The molecular weight excluding hydrogens is 342 g/mol. The van der Waals surface area contributed by atoms with Gasteiger partial charge < -0.3 is 20.5 Å². The smallest absolute Gasteiger partial charge is 0.251 e. The third kappa shape index (κ3) is 5.45. The van der Waals surface area contributed by atoms with Crippen molar-refractivity contribution in [1.29, 1.82) is 0 Å². The zero-order valence-corrected chi connectivity index (χ0v) is 15.7. The van der Waals surface area contributed by atoms with E-state index in [2.05, 4.69) is 10.2 Å². The van der Waals surface area contributed by atoms with Crippen LogP contribution in [-0.2, 0) is 11.3 Å². The van der Waals surface area contributed by atoms with Crippen molar-refractivity contribution >= 4 is 11.6 Å². The Labute approximate surface area is 160 Å². The van der Waals surface area contributed by atoms with Gasteiger partial charge in [-0.15, -0.1) is 0 Å². The monoisotopic (exact) mass is 369 g/mol. The Morgan fingerprint density at radius 2 is 2.00 bits per heavy atom. The van der Waals surface area contributed by atoms with Crippen molar-refractivity contribution < 1.29 is 14.3 Å². The lowest BCUT2D eigenvalue weighted by Gasteiger charge is -2.26. The summed E-state index contributed by atoms with van der Waals surface area (Å²) < 4.78 is 11.3. The number of nitrogens with two attached hydrogens (primary N) is 1. The number of hydrogen-bond acceptors (Lipinski definition) is 5. The number of para-hydroxylation sites is 1. The third-order valence-corrected chi connectivity index (χ3v) is 4.69. The van der Waals surface area contributed by atoms with Crippen LogP contribution in [0.15, 0.2) is 42.5 Å². The van der Waals surface area contributed by atoms with E-state index in [9.17, 15) is 4.79 Å². The topological polar surface area (TPSA) is 76.8 Å². The normalized spacial score (nSPS) is 14.7. The first kappa shape index (κ1) is 19.2. The molecule has 1 aliphatic rings. The largest absolute Gasteiger partial charge is 0.492 e. The number of carbonyl (C=O) groups excluding carboxylic acids is 1. The first-order chi connectivity index (χ1) is 13.1. The molecule has 27 heavy (non-hydrogen) atoms. The van der Waals surface area contributed by atoms with E-state index in [1.165, 1.54) is 0 Å². The van der Waals surface area contributed by atoms with Crippen LogP contribution in [0, 0.1) is 6.92 Å². The number of carbonyl (C=O) groups is 1. The molecule has 3 N–H and O–H groups in total. The average molecular weight is 369 g/mol. The van der Waals surface area contributed by atoms with Gasteiger partial charge in [0.2, 0.25) is 0 Å². The second-order valence-electron chi connectivity index (χ2n) is 6.67. The molecule has 1 amide bonds.